The van der Waals surface area contributed by atoms with Crippen LogP contribution in [0.25, 0.3) is 6.08 Å². The van der Waals surface area contributed by atoms with Crippen LogP contribution < -0.4 is 15.5 Å². The first-order chi connectivity index (χ1) is 23.3. The van der Waals surface area contributed by atoms with Crippen molar-refractivity contribution in [3.63, 3.8) is 0 Å². The topological polar surface area (TPSA) is 78.5 Å². The van der Waals surface area contributed by atoms with Crippen molar-refractivity contribution in [2.24, 2.45) is 0 Å². The number of amides is 3. The summed E-state index contributed by atoms with van der Waals surface area (Å²) in [6.45, 7) is 6.14. The van der Waals surface area contributed by atoms with Gasteiger partial charge in [-0.25, -0.2) is 0 Å². The maximum atomic E-state index is 14.0. The lowest BCUT2D eigenvalue weighted by Crippen LogP contribution is -2.34. The van der Waals surface area contributed by atoms with Gasteiger partial charge in [0.2, 0.25) is 5.91 Å². The lowest BCUT2D eigenvalue weighted by atomic mass is 10.0. The minimum atomic E-state index is -0.461. The second-order valence-electron chi connectivity index (χ2n) is 11.7. The van der Waals surface area contributed by atoms with Crippen molar-refractivity contribution < 1.29 is 14.4 Å². The van der Waals surface area contributed by atoms with E-state index >= 15 is 0 Å². The Bertz CT molecular complexity index is 1950. The first-order valence-electron chi connectivity index (χ1n) is 15.7. The number of benzene rings is 5. The Kier molecular flexibility index (Phi) is 10.1. The van der Waals surface area contributed by atoms with E-state index in [9.17, 15) is 14.4 Å². The van der Waals surface area contributed by atoms with Gasteiger partial charge in [-0.2, -0.15) is 0 Å². The molecule has 5 aromatic carbocycles. The number of anilines is 3. The molecule has 1 atom stereocenters. The van der Waals surface area contributed by atoms with Gasteiger partial charge in [0.1, 0.15) is 5.70 Å². The van der Waals surface area contributed by atoms with Gasteiger partial charge in [0, 0.05) is 25.9 Å². The van der Waals surface area contributed by atoms with Gasteiger partial charge in [-0.1, -0.05) is 98.4 Å². The molecule has 0 bridgehead atoms. The van der Waals surface area contributed by atoms with Crippen LogP contribution in [0.2, 0.25) is 0 Å². The lowest BCUT2D eigenvalue weighted by Gasteiger charge is -2.32. The molecule has 0 aromatic heterocycles. The molecule has 6 rings (SSSR count). The first kappa shape index (κ1) is 32.9. The Hall–Kier alpha value is -5.05. The fourth-order valence-corrected chi connectivity index (χ4v) is 7.33. The third kappa shape index (κ3) is 7.56. The van der Waals surface area contributed by atoms with Crippen molar-refractivity contribution >= 4 is 64.4 Å². The minimum Gasteiger partial charge on any atom is -0.321 e. The Labute approximate surface area is 289 Å². The summed E-state index contributed by atoms with van der Waals surface area (Å²) in [5.41, 5.74) is 4.81. The highest BCUT2D eigenvalue weighted by molar-refractivity contribution is 8.00. The summed E-state index contributed by atoms with van der Waals surface area (Å²) in [6, 6.07) is 40.0. The van der Waals surface area contributed by atoms with Crippen molar-refractivity contribution in [2.45, 2.75) is 46.6 Å². The number of hydrogen-bond donors (Lipinski definition) is 2. The SMILES string of the molecule is CC(Sc1cccc(NC(=O)/C(=C\c2ccc(C(C)C)cc2)NC(=O)c2ccccc2)c1)C(=O)N1c2ccccc2Sc2ccccc21. The summed E-state index contributed by atoms with van der Waals surface area (Å²) in [5.74, 6) is -0.506. The molecule has 1 aliphatic rings. The van der Waals surface area contributed by atoms with Gasteiger partial charge in [-0.05, 0) is 84.6 Å². The number of carbonyl (C=O) groups excluding carboxylic acids is 3. The van der Waals surface area contributed by atoms with Crippen LogP contribution in [-0.2, 0) is 9.59 Å². The van der Waals surface area contributed by atoms with E-state index in [0.29, 0.717) is 17.2 Å². The van der Waals surface area contributed by atoms with E-state index in [1.165, 1.54) is 17.3 Å². The molecule has 6 nitrogen and oxygen atoms in total. The van der Waals surface area contributed by atoms with E-state index in [1.807, 2.05) is 109 Å². The third-order valence-electron chi connectivity index (χ3n) is 7.85. The Balaban J connectivity index is 1.21. The average molecular weight is 670 g/mol. The molecule has 0 spiro atoms. The van der Waals surface area contributed by atoms with Crippen molar-refractivity contribution in [2.75, 3.05) is 10.2 Å². The quantitative estimate of drug-likeness (QED) is 0.121. The zero-order valence-corrected chi connectivity index (χ0v) is 28.5. The molecule has 8 heteroatoms. The summed E-state index contributed by atoms with van der Waals surface area (Å²) in [5, 5.41) is 5.33. The Morgan fingerprint density at radius 1 is 0.729 bits per heavy atom. The number of nitrogens with one attached hydrogen (secondary N) is 2. The summed E-state index contributed by atoms with van der Waals surface area (Å²) in [4.78, 5) is 45.5. The molecule has 0 aliphatic carbocycles. The van der Waals surface area contributed by atoms with Crippen molar-refractivity contribution in [1.29, 1.82) is 0 Å². The molecule has 3 amide bonds. The van der Waals surface area contributed by atoms with Gasteiger partial charge in [0.25, 0.3) is 11.8 Å². The number of carbonyl (C=O) groups is 3. The summed E-state index contributed by atoms with van der Waals surface area (Å²) in [7, 11) is 0. The zero-order valence-electron chi connectivity index (χ0n) is 26.8. The average Bonchev–Trinajstić information content (AvgIpc) is 3.10. The maximum Gasteiger partial charge on any atom is 0.272 e. The number of nitrogens with zero attached hydrogens (tertiary/aromatic N) is 1. The highest BCUT2D eigenvalue weighted by Crippen LogP contribution is 2.48. The molecule has 2 N–H and O–H groups in total. The number of rotatable bonds is 9. The van der Waals surface area contributed by atoms with Crippen LogP contribution in [0.3, 0.4) is 0 Å². The van der Waals surface area contributed by atoms with E-state index in [0.717, 1.165) is 31.6 Å². The molecule has 1 unspecified atom stereocenters. The Morgan fingerprint density at radius 3 is 2.00 bits per heavy atom. The molecule has 5 aromatic rings. The van der Waals surface area contributed by atoms with Gasteiger partial charge in [0.15, 0.2) is 0 Å². The normalized spacial score (nSPS) is 12.9. The molecule has 0 saturated carbocycles. The molecule has 0 saturated heterocycles. The van der Waals surface area contributed by atoms with Gasteiger partial charge >= 0.3 is 0 Å². The highest BCUT2D eigenvalue weighted by atomic mass is 32.2. The van der Waals surface area contributed by atoms with Crippen LogP contribution in [-0.4, -0.2) is 23.0 Å². The van der Waals surface area contributed by atoms with Gasteiger partial charge < -0.3 is 10.6 Å². The highest BCUT2D eigenvalue weighted by Gasteiger charge is 2.31. The van der Waals surface area contributed by atoms with Gasteiger partial charge in [-0.15, -0.1) is 11.8 Å². The van der Waals surface area contributed by atoms with Crippen molar-refractivity contribution in [3.05, 3.63) is 150 Å². The first-order valence-corrected chi connectivity index (χ1v) is 17.4. The van der Waals surface area contributed by atoms with Crippen molar-refractivity contribution in [3.8, 4) is 0 Å². The zero-order chi connectivity index (χ0) is 33.6. The second-order valence-corrected chi connectivity index (χ2v) is 14.2. The maximum absolute atomic E-state index is 14.0. The largest absolute Gasteiger partial charge is 0.321 e. The van der Waals surface area contributed by atoms with E-state index < -0.39 is 11.2 Å². The fourth-order valence-electron chi connectivity index (χ4n) is 5.31. The molecule has 240 valence electrons. The molecule has 1 heterocycles. The molecular formula is C40H35N3O3S2. The van der Waals surface area contributed by atoms with E-state index in [-0.39, 0.29) is 17.5 Å². The Morgan fingerprint density at radius 2 is 1.35 bits per heavy atom. The third-order valence-corrected chi connectivity index (χ3v) is 10.1. The molecule has 48 heavy (non-hydrogen) atoms. The minimum absolute atomic E-state index is 0.0352. The lowest BCUT2D eigenvalue weighted by molar-refractivity contribution is -0.117. The number of hydrogen-bond acceptors (Lipinski definition) is 5. The summed E-state index contributed by atoms with van der Waals surface area (Å²) < 4.78 is 0. The van der Waals surface area contributed by atoms with Gasteiger partial charge in [-0.3, -0.25) is 19.3 Å². The van der Waals surface area contributed by atoms with Gasteiger partial charge in [0.05, 0.1) is 16.6 Å². The second kappa shape index (κ2) is 14.8. The van der Waals surface area contributed by atoms with Crippen molar-refractivity contribution in [1.82, 2.24) is 5.32 Å². The fraction of sp³-hybridized carbons (Fsp3) is 0.125. The van der Waals surface area contributed by atoms with E-state index in [2.05, 4.69) is 24.5 Å². The summed E-state index contributed by atoms with van der Waals surface area (Å²) in [6.07, 6.45) is 1.67. The molecule has 1 aliphatic heterocycles. The number of thioether (sulfide) groups is 1. The smallest absolute Gasteiger partial charge is 0.272 e. The van der Waals surface area contributed by atoms with Crippen LogP contribution in [0, 0.1) is 0 Å². The predicted octanol–water partition coefficient (Wildman–Crippen LogP) is 9.53. The van der Waals surface area contributed by atoms with Crippen LogP contribution in [0.4, 0.5) is 17.1 Å². The monoisotopic (exact) mass is 669 g/mol. The van der Waals surface area contributed by atoms with Crippen LogP contribution in [0.5, 0.6) is 0 Å². The molecule has 0 radical (unpaired) electrons. The standard InChI is InChI=1S/C40H35N3O3S2/c1-26(2)29-22-20-28(21-23-29)24-33(42-38(44)30-12-5-4-6-13-30)39(45)41-31-14-11-15-32(25-31)47-27(3)40(46)43-34-16-7-9-18-36(34)48-37-19-10-8-17-35(37)43/h4-27H,1-3H3,(H,41,45)(H,42,44)/b33-24+. The summed E-state index contributed by atoms with van der Waals surface area (Å²) >= 11 is 3.09. The van der Waals surface area contributed by atoms with E-state index in [1.54, 1.807) is 48.2 Å². The predicted molar refractivity (Wildman–Crippen MR) is 197 cm³/mol. The van der Waals surface area contributed by atoms with Crippen LogP contribution >= 0.6 is 23.5 Å². The van der Waals surface area contributed by atoms with Crippen LogP contribution in [0.1, 0.15) is 48.2 Å². The van der Waals surface area contributed by atoms with E-state index in [4.69, 9.17) is 0 Å². The molecule has 0 fully saturated rings. The number of fused-ring (bicyclic) bond motifs is 2. The number of para-hydroxylation sites is 2. The van der Waals surface area contributed by atoms with Crippen LogP contribution in [0.15, 0.2) is 148 Å². The molecular weight excluding hydrogens is 635 g/mol.